The van der Waals surface area contributed by atoms with Crippen LogP contribution in [0.2, 0.25) is 0 Å². The minimum Gasteiger partial charge on any atom is -0.265 e. The highest BCUT2D eigenvalue weighted by Gasteiger charge is 2.03. The van der Waals surface area contributed by atoms with Gasteiger partial charge in [-0.25, -0.2) is 0 Å². The molecule has 0 amide bonds. The molecular formula is C19H17N. The van der Waals surface area contributed by atoms with Crippen molar-refractivity contribution in [2.45, 2.75) is 13.8 Å². The fourth-order valence-corrected chi connectivity index (χ4v) is 2.43. The highest BCUT2D eigenvalue weighted by atomic mass is 14.6. The lowest BCUT2D eigenvalue weighted by Crippen LogP contribution is -1.85. The van der Waals surface area contributed by atoms with Crippen LogP contribution in [-0.2, 0) is 0 Å². The van der Waals surface area contributed by atoms with Gasteiger partial charge in [-0.3, -0.25) is 4.98 Å². The summed E-state index contributed by atoms with van der Waals surface area (Å²) < 4.78 is 0. The maximum Gasteiger partial charge on any atom is 0.0273 e. The first-order valence-corrected chi connectivity index (χ1v) is 6.82. The third-order valence-electron chi connectivity index (χ3n) is 3.60. The molecule has 1 aromatic heterocycles. The highest BCUT2D eigenvalue weighted by molar-refractivity contribution is 5.72. The van der Waals surface area contributed by atoms with Crippen LogP contribution in [-0.4, -0.2) is 4.98 Å². The van der Waals surface area contributed by atoms with Crippen molar-refractivity contribution in [1.29, 1.82) is 0 Å². The average molecular weight is 259 g/mol. The summed E-state index contributed by atoms with van der Waals surface area (Å²) in [6.07, 6.45) is 3.65. The topological polar surface area (TPSA) is 12.9 Å². The Morgan fingerprint density at radius 3 is 1.95 bits per heavy atom. The van der Waals surface area contributed by atoms with Crippen molar-refractivity contribution in [2.24, 2.45) is 0 Å². The van der Waals surface area contributed by atoms with Crippen molar-refractivity contribution in [1.82, 2.24) is 4.98 Å². The molecule has 0 aliphatic carbocycles. The van der Waals surface area contributed by atoms with E-state index in [0.29, 0.717) is 0 Å². The Kier molecular flexibility index (Phi) is 3.34. The van der Waals surface area contributed by atoms with Gasteiger partial charge in [-0.05, 0) is 53.8 Å². The number of aromatic nitrogens is 1. The summed E-state index contributed by atoms with van der Waals surface area (Å²) in [5.41, 5.74) is 7.61. The summed E-state index contributed by atoms with van der Waals surface area (Å²) in [5.74, 6) is 0. The molecule has 0 unspecified atom stereocenters. The van der Waals surface area contributed by atoms with Crippen LogP contribution < -0.4 is 0 Å². The summed E-state index contributed by atoms with van der Waals surface area (Å²) in [6.45, 7) is 4.29. The van der Waals surface area contributed by atoms with E-state index in [0.717, 1.165) is 0 Å². The second kappa shape index (κ2) is 5.30. The number of pyridine rings is 1. The number of aryl methyl sites for hydroxylation is 2. The van der Waals surface area contributed by atoms with Crippen molar-refractivity contribution < 1.29 is 0 Å². The summed E-state index contributed by atoms with van der Waals surface area (Å²) in [5, 5.41) is 0. The van der Waals surface area contributed by atoms with E-state index in [4.69, 9.17) is 0 Å². The number of rotatable bonds is 2. The van der Waals surface area contributed by atoms with Crippen LogP contribution in [0.4, 0.5) is 0 Å². The fourth-order valence-electron chi connectivity index (χ4n) is 2.43. The monoisotopic (exact) mass is 259 g/mol. The predicted molar refractivity (Wildman–Crippen MR) is 84.6 cm³/mol. The van der Waals surface area contributed by atoms with Crippen LogP contribution >= 0.6 is 0 Å². The van der Waals surface area contributed by atoms with Crippen LogP contribution in [0.3, 0.4) is 0 Å². The van der Waals surface area contributed by atoms with E-state index in [-0.39, 0.29) is 0 Å². The lowest BCUT2D eigenvalue weighted by Gasteiger charge is -2.08. The number of nitrogens with zero attached hydrogens (tertiary/aromatic N) is 1. The van der Waals surface area contributed by atoms with Crippen molar-refractivity contribution in [2.75, 3.05) is 0 Å². The van der Waals surface area contributed by atoms with Gasteiger partial charge in [0.15, 0.2) is 0 Å². The van der Waals surface area contributed by atoms with Gasteiger partial charge in [0, 0.05) is 12.4 Å². The van der Waals surface area contributed by atoms with Gasteiger partial charge < -0.3 is 0 Å². The maximum atomic E-state index is 4.06. The van der Waals surface area contributed by atoms with E-state index in [1.165, 1.54) is 33.4 Å². The third kappa shape index (κ3) is 2.48. The van der Waals surface area contributed by atoms with Crippen molar-refractivity contribution in [3.8, 4) is 22.3 Å². The summed E-state index contributed by atoms with van der Waals surface area (Å²) in [7, 11) is 0. The van der Waals surface area contributed by atoms with E-state index in [2.05, 4.69) is 61.3 Å². The lowest BCUT2D eigenvalue weighted by molar-refractivity contribution is 1.33. The van der Waals surface area contributed by atoms with Crippen LogP contribution in [0.5, 0.6) is 0 Å². The van der Waals surface area contributed by atoms with E-state index in [1.54, 1.807) is 0 Å². The Morgan fingerprint density at radius 2 is 1.25 bits per heavy atom. The molecule has 0 atom stereocenters. The largest absolute Gasteiger partial charge is 0.265 e. The molecule has 0 aliphatic rings. The minimum absolute atomic E-state index is 1.20. The van der Waals surface area contributed by atoms with Crippen molar-refractivity contribution in [3.63, 3.8) is 0 Å². The van der Waals surface area contributed by atoms with Gasteiger partial charge in [-0.1, -0.05) is 48.0 Å². The van der Waals surface area contributed by atoms with E-state index >= 15 is 0 Å². The molecule has 20 heavy (non-hydrogen) atoms. The Labute approximate surface area is 119 Å². The molecule has 0 radical (unpaired) electrons. The quantitative estimate of drug-likeness (QED) is 0.628. The molecule has 1 heteroatoms. The van der Waals surface area contributed by atoms with E-state index in [1.807, 2.05) is 24.5 Å². The number of hydrogen-bond donors (Lipinski definition) is 0. The van der Waals surface area contributed by atoms with Gasteiger partial charge >= 0.3 is 0 Å². The molecular weight excluding hydrogens is 242 g/mol. The van der Waals surface area contributed by atoms with Crippen LogP contribution in [0.15, 0.2) is 67.0 Å². The Hall–Kier alpha value is -2.41. The Morgan fingerprint density at radius 1 is 0.650 bits per heavy atom. The molecule has 0 spiro atoms. The third-order valence-corrected chi connectivity index (χ3v) is 3.60. The summed E-state index contributed by atoms with van der Waals surface area (Å²) in [6, 6.07) is 19.4. The molecule has 0 aliphatic heterocycles. The molecule has 0 fully saturated rings. The second-order valence-corrected chi connectivity index (χ2v) is 5.13. The van der Waals surface area contributed by atoms with Gasteiger partial charge in [-0.2, -0.15) is 0 Å². The van der Waals surface area contributed by atoms with E-state index < -0.39 is 0 Å². The minimum atomic E-state index is 1.20. The first-order valence-electron chi connectivity index (χ1n) is 6.82. The molecule has 1 nitrogen and oxygen atoms in total. The van der Waals surface area contributed by atoms with Crippen LogP contribution in [0, 0.1) is 13.8 Å². The van der Waals surface area contributed by atoms with Gasteiger partial charge in [0.25, 0.3) is 0 Å². The smallest absolute Gasteiger partial charge is 0.0273 e. The molecule has 0 N–H and O–H groups in total. The molecule has 0 saturated carbocycles. The van der Waals surface area contributed by atoms with Crippen LogP contribution in [0.1, 0.15) is 11.1 Å². The molecule has 3 rings (SSSR count). The molecule has 0 bridgehead atoms. The zero-order chi connectivity index (χ0) is 13.9. The van der Waals surface area contributed by atoms with Gasteiger partial charge in [0.1, 0.15) is 0 Å². The summed E-state index contributed by atoms with van der Waals surface area (Å²) in [4.78, 5) is 4.06. The Bertz CT molecular complexity index is 713. The van der Waals surface area contributed by atoms with Crippen LogP contribution in [0.25, 0.3) is 22.3 Å². The number of hydrogen-bond acceptors (Lipinski definition) is 1. The molecule has 3 aromatic rings. The Balaban J connectivity index is 2.00. The van der Waals surface area contributed by atoms with Gasteiger partial charge in [-0.15, -0.1) is 0 Å². The van der Waals surface area contributed by atoms with Crippen molar-refractivity contribution >= 4 is 0 Å². The predicted octanol–water partition coefficient (Wildman–Crippen LogP) is 5.03. The van der Waals surface area contributed by atoms with Gasteiger partial charge in [0.05, 0.1) is 0 Å². The maximum absolute atomic E-state index is 4.06. The molecule has 2 aromatic carbocycles. The normalized spacial score (nSPS) is 10.5. The first kappa shape index (κ1) is 12.6. The standard InChI is InChI=1S/C19H17N/c1-14-3-4-15(2)19(13-14)18-7-5-16(6-8-18)17-9-11-20-12-10-17/h3-13H,1-2H3. The molecule has 1 heterocycles. The number of benzene rings is 2. The SMILES string of the molecule is Cc1ccc(C)c(-c2ccc(-c3ccncc3)cc2)c1. The zero-order valence-electron chi connectivity index (χ0n) is 11.8. The molecule has 98 valence electrons. The fraction of sp³-hybridized carbons (Fsp3) is 0.105. The average Bonchev–Trinajstić information content (AvgIpc) is 2.51. The first-order chi connectivity index (χ1) is 9.74. The lowest BCUT2D eigenvalue weighted by atomic mass is 9.96. The van der Waals surface area contributed by atoms with E-state index in [9.17, 15) is 0 Å². The van der Waals surface area contributed by atoms with Gasteiger partial charge in [0.2, 0.25) is 0 Å². The molecule has 0 saturated heterocycles. The van der Waals surface area contributed by atoms with Crippen molar-refractivity contribution in [3.05, 3.63) is 78.1 Å². The zero-order valence-corrected chi connectivity index (χ0v) is 11.8. The second-order valence-electron chi connectivity index (χ2n) is 5.13. The highest BCUT2D eigenvalue weighted by Crippen LogP contribution is 2.27. The summed E-state index contributed by atoms with van der Waals surface area (Å²) >= 11 is 0.